The molecule has 2 aliphatic heterocycles. The summed E-state index contributed by atoms with van der Waals surface area (Å²) >= 11 is 0. The zero-order valence-corrected chi connectivity index (χ0v) is 32.0. The van der Waals surface area contributed by atoms with E-state index in [-0.39, 0.29) is 16.2 Å². The molecule has 0 N–H and O–H groups in total. The largest absolute Gasteiger partial charge is 0.744 e. The predicted molar refractivity (Wildman–Crippen MR) is 202 cm³/mol. The van der Waals surface area contributed by atoms with Gasteiger partial charge in [-0.25, -0.2) is 8.42 Å². The number of ketones is 1. The van der Waals surface area contributed by atoms with Gasteiger partial charge < -0.3 is 9.45 Å². The molecule has 0 saturated heterocycles. The van der Waals surface area contributed by atoms with Crippen LogP contribution < -0.4 is 4.90 Å². The molecule has 2 aliphatic rings. The number of carbonyl (C=O) groups is 1. The second kappa shape index (κ2) is 16.2. The van der Waals surface area contributed by atoms with Gasteiger partial charge in [-0.05, 0) is 82.9 Å². The van der Waals surface area contributed by atoms with Gasteiger partial charge in [-0.3, -0.25) is 4.79 Å². The van der Waals surface area contributed by atoms with E-state index < -0.39 is 15.5 Å². The molecule has 0 saturated carbocycles. The average Bonchev–Trinajstić information content (AvgIpc) is 3.40. The molecule has 6 nitrogen and oxygen atoms in total. The molecule has 1 unspecified atom stereocenters. The lowest BCUT2D eigenvalue weighted by Gasteiger charge is -2.30. The maximum absolute atomic E-state index is 12.2. The molecule has 7 heteroatoms. The van der Waals surface area contributed by atoms with Gasteiger partial charge in [-0.15, -0.1) is 0 Å². The van der Waals surface area contributed by atoms with Gasteiger partial charge in [0.1, 0.15) is 22.4 Å². The lowest BCUT2D eigenvalue weighted by molar-refractivity contribution is -0.438. The highest BCUT2D eigenvalue weighted by Gasteiger charge is 2.45. The Morgan fingerprint density at radius 1 is 0.918 bits per heavy atom. The summed E-state index contributed by atoms with van der Waals surface area (Å²) < 4.78 is 38.9. The van der Waals surface area contributed by atoms with E-state index in [1.54, 1.807) is 6.07 Å². The Morgan fingerprint density at radius 3 is 2.33 bits per heavy atom. The highest BCUT2D eigenvalue weighted by atomic mass is 32.2. The zero-order valence-electron chi connectivity index (χ0n) is 31.1. The minimum atomic E-state index is -4.60. The van der Waals surface area contributed by atoms with Gasteiger partial charge in [0, 0.05) is 59.8 Å². The Bertz CT molecular complexity index is 1750. The Labute approximate surface area is 296 Å². The first-order chi connectivity index (χ1) is 23.2. The van der Waals surface area contributed by atoms with Crippen LogP contribution in [0.2, 0.25) is 0 Å². The number of rotatable bonds is 17. The number of carbonyl (C=O) groups excluding carboxylic acids is 1. The van der Waals surface area contributed by atoms with E-state index in [0.717, 1.165) is 81.4 Å². The summed E-state index contributed by atoms with van der Waals surface area (Å²) in [5.74, 6) is 0.338. The molecular weight excluding hydrogens is 629 g/mol. The van der Waals surface area contributed by atoms with Crippen LogP contribution in [-0.2, 0) is 25.7 Å². The molecule has 0 amide bonds. The molecule has 0 spiro atoms. The average molecular weight is 687 g/mol. The molecule has 49 heavy (non-hydrogen) atoms. The third kappa shape index (κ3) is 8.54. The van der Waals surface area contributed by atoms with E-state index >= 15 is 0 Å². The molecule has 266 valence electrons. The number of nitrogens with zero attached hydrogens (tertiary/aromatic N) is 2. The van der Waals surface area contributed by atoms with E-state index in [9.17, 15) is 17.8 Å². The molecule has 0 bridgehead atoms. The molecule has 1 atom stereocenters. The van der Waals surface area contributed by atoms with Gasteiger partial charge in [0.05, 0.1) is 10.3 Å². The molecule has 0 fully saturated rings. The highest BCUT2D eigenvalue weighted by molar-refractivity contribution is 7.85. The van der Waals surface area contributed by atoms with Crippen LogP contribution in [0, 0.1) is 12.8 Å². The summed E-state index contributed by atoms with van der Waals surface area (Å²) in [6.07, 6.45) is 19.0. The smallest absolute Gasteiger partial charge is 0.209 e. The summed E-state index contributed by atoms with van der Waals surface area (Å²) in [5, 5.41) is 0. The quantitative estimate of drug-likeness (QED) is 0.0716. The summed E-state index contributed by atoms with van der Waals surface area (Å²) in [6.45, 7) is 19.0. The summed E-state index contributed by atoms with van der Waals surface area (Å²) in [4.78, 5) is 14.4. The van der Waals surface area contributed by atoms with Gasteiger partial charge in [-0.2, -0.15) is 4.58 Å². The Balaban J connectivity index is 1.69. The van der Waals surface area contributed by atoms with Crippen LogP contribution in [0.15, 0.2) is 77.4 Å². The summed E-state index contributed by atoms with van der Waals surface area (Å²) in [6, 6.07) is 11.6. The molecule has 0 radical (unpaired) electrons. The first-order valence-electron chi connectivity index (χ1n) is 18.4. The van der Waals surface area contributed by atoms with Gasteiger partial charge in [0.2, 0.25) is 5.69 Å². The SMILES string of the molecule is CCCCN1\C(=C/C=C/C=C/C2=[N+](CCCC)c3ccc(C)cc3C2(C)C)C(C)(CCCCCC(=O)C(C)C)c2cc(S(=O)(=O)[O-])ccc21. The minimum Gasteiger partial charge on any atom is -0.744 e. The number of fused-ring (bicyclic) bond motifs is 2. The van der Waals surface area contributed by atoms with Crippen molar-refractivity contribution >= 4 is 33.0 Å². The van der Waals surface area contributed by atoms with Crippen LogP contribution in [0.25, 0.3) is 0 Å². The van der Waals surface area contributed by atoms with Gasteiger partial charge in [0.15, 0.2) is 5.71 Å². The normalized spacial score (nSPS) is 19.6. The van der Waals surface area contributed by atoms with Crippen LogP contribution in [0.4, 0.5) is 11.4 Å². The van der Waals surface area contributed by atoms with Crippen molar-refractivity contribution in [2.24, 2.45) is 5.92 Å². The fourth-order valence-electron chi connectivity index (χ4n) is 7.45. The van der Waals surface area contributed by atoms with E-state index in [0.29, 0.717) is 12.2 Å². The number of hydrogen-bond donors (Lipinski definition) is 0. The molecular formula is C42H58N2O4S. The van der Waals surface area contributed by atoms with Crippen molar-refractivity contribution in [1.82, 2.24) is 0 Å². The first kappa shape index (κ1) is 38.5. The maximum Gasteiger partial charge on any atom is 0.209 e. The van der Waals surface area contributed by atoms with Crippen LogP contribution in [0.5, 0.6) is 0 Å². The molecule has 2 aromatic carbocycles. The van der Waals surface area contributed by atoms with Gasteiger partial charge in [0.25, 0.3) is 0 Å². The van der Waals surface area contributed by atoms with Gasteiger partial charge >= 0.3 is 0 Å². The number of hydrogen-bond acceptors (Lipinski definition) is 5. The molecule has 2 heterocycles. The second-order valence-electron chi connectivity index (χ2n) is 15.0. The van der Waals surface area contributed by atoms with Crippen molar-refractivity contribution in [3.05, 3.63) is 89.2 Å². The lowest BCUT2D eigenvalue weighted by Crippen LogP contribution is -2.29. The van der Waals surface area contributed by atoms with E-state index in [1.807, 2.05) is 19.9 Å². The Hall–Kier alpha value is -3.29. The monoisotopic (exact) mass is 686 g/mol. The number of Topliss-reactive ketones (excluding diaryl/α,β-unsaturated/α-hetero) is 1. The maximum atomic E-state index is 12.2. The second-order valence-corrected chi connectivity index (χ2v) is 16.4. The topological polar surface area (TPSA) is 80.5 Å². The number of unbranched alkanes of at least 4 members (excludes halogenated alkanes) is 4. The number of allylic oxidation sites excluding steroid dienone is 6. The van der Waals surface area contributed by atoms with Crippen molar-refractivity contribution in [2.75, 3.05) is 18.0 Å². The minimum absolute atomic E-state index is 0.0475. The van der Waals surface area contributed by atoms with Crippen molar-refractivity contribution in [3.63, 3.8) is 0 Å². The number of anilines is 1. The lowest BCUT2D eigenvalue weighted by atomic mass is 9.77. The van der Waals surface area contributed by atoms with Crippen molar-refractivity contribution < 1.29 is 22.3 Å². The van der Waals surface area contributed by atoms with E-state index in [4.69, 9.17) is 0 Å². The summed E-state index contributed by atoms with van der Waals surface area (Å²) in [7, 11) is -4.60. The molecule has 0 aromatic heterocycles. The van der Waals surface area contributed by atoms with Crippen LogP contribution in [-0.4, -0.2) is 42.1 Å². The van der Waals surface area contributed by atoms with Crippen molar-refractivity contribution in [3.8, 4) is 0 Å². The van der Waals surface area contributed by atoms with Crippen LogP contribution >= 0.6 is 0 Å². The van der Waals surface area contributed by atoms with E-state index in [2.05, 4.69) is 99.6 Å². The first-order valence-corrected chi connectivity index (χ1v) is 19.8. The van der Waals surface area contributed by atoms with Crippen LogP contribution in [0.3, 0.4) is 0 Å². The predicted octanol–water partition coefficient (Wildman–Crippen LogP) is 9.83. The van der Waals surface area contributed by atoms with Crippen molar-refractivity contribution in [2.45, 2.75) is 129 Å². The van der Waals surface area contributed by atoms with Crippen LogP contribution in [0.1, 0.15) is 123 Å². The standard InChI is InChI=1S/C42H58N2O4S/c1-9-11-27-43-36-24-22-32(5)29-34(36)41(6,7)39(43)20-16-13-17-21-40-42(8,26-18-14-15-19-38(45)31(3)4)35-30-33(49(46,47)48)23-25-37(35)44(40)28-12-10-2/h13,16-17,20-25,29-31H,9-12,14-15,18-19,26-28H2,1-8H3. The number of benzene rings is 2. The Morgan fingerprint density at radius 2 is 1.65 bits per heavy atom. The Kier molecular flexibility index (Phi) is 12.7. The third-order valence-corrected chi connectivity index (χ3v) is 11.3. The highest BCUT2D eigenvalue weighted by Crippen LogP contribution is 2.51. The molecule has 0 aliphatic carbocycles. The van der Waals surface area contributed by atoms with Gasteiger partial charge in [-0.1, -0.05) is 83.2 Å². The summed E-state index contributed by atoms with van der Waals surface area (Å²) in [5.41, 5.74) is 7.61. The van der Waals surface area contributed by atoms with Crippen molar-refractivity contribution in [1.29, 1.82) is 0 Å². The molecule has 4 rings (SSSR count). The third-order valence-electron chi connectivity index (χ3n) is 10.5. The fraction of sp³-hybridized carbons (Fsp3) is 0.524. The fourth-order valence-corrected chi connectivity index (χ4v) is 7.95. The molecule has 2 aromatic rings. The van der Waals surface area contributed by atoms with E-state index in [1.165, 1.54) is 28.6 Å². The number of aryl methyl sites for hydroxylation is 1. The zero-order chi connectivity index (χ0) is 36.0.